The van der Waals surface area contributed by atoms with E-state index in [0.717, 1.165) is 20.1 Å². The van der Waals surface area contributed by atoms with Crippen molar-refractivity contribution in [1.82, 2.24) is 4.98 Å². The molecule has 3 aromatic rings. The standard InChI is InChI=1S/C16H10BrNOS2/c17-12-4-1-3-11(9-12)14(19)7-6-13-10-21-16(18-13)15-5-2-8-20-15/h1-10H/b7-6+. The number of aromatic nitrogens is 1. The summed E-state index contributed by atoms with van der Waals surface area (Å²) in [5.74, 6) is -0.0260. The molecule has 0 fully saturated rings. The van der Waals surface area contributed by atoms with Crippen molar-refractivity contribution >= 4 is 50.5 Å². The molecule has 0 amide bonds. The summed E-state index contributed by atoms with van der Waals surface area (Å²) in [4.78, 5) is 17.7. The van der Waals surface area contributed by atoms with Gasteiger partial charge in [0.05, 0.1) is 10.6 Å². The Morgan fingerprint density at radius 2 is 2.10 bits per heavy atom. The molecule has 0 saturated heterocycles. The lowest BCUT2D eigenvalue weighted by atomic mass is 10.1. The molecule has 21 heavy (non-hydrogen) atoms. The first-order valence-corrected chi connectivity index (χ1v) is 8.75. The predicted octanol–water partition coefficient (Wildman–Crippen LogP) is 5.53. The summed E-state index contributed by atoms with van der Waals surface area (Å²) in [6.07, 6.45) is 3.33. The van der Waals surface area contributed by atoms with Crippen molar-refractivity contribution in [2.24, 2.45) is 0 Å². The number of halogens is 1. The average Bonchev–Trinajstić information content (AvgIpc) is 3.15. The second-order valence-electron chi connectivity index (χ2n) is 4.26. The number of thiazole rings is 1. The molecule has 0 radical (unpaired) electrons. The van der Waals surface area contributed by atoms with Gasteiger partial charge < -0.3 is 0 Å². The lowest BCUT2D eigenvalue weighted by Crippen LogP contribution is -1.93. The molecule has 0 unspecified atom stereocenters. The van der Waals surface area contributed by atoms with Crippen LogP contribution in [0.25, 0.3) is 16.0 Å². The fraction of sp³-hybridized carbons (Fsp3) is 0. The summed E-state index contributed by atoms with van der Waals surface area (Å²) in [5.41, 5.74) is 1.47. The monoisotopic (exact) mass is 375 g/mol. The number of ketones is 1. The maximum absolute atomic E-state index is 12.1. The van der Waals surface area contributed by atoms with E-state index in [-0.39, 0.29) is 5.78 Å². The molecule has 3 rings (SSSR count). The van der Waals surface area contributed by atoms with Crippen molar-refractivity contribution in [2.75, 3.05) is 0 Å². The zero-order valence-corrected chi connectivity index (χ0v) is 14.0. The van der Waals surface area contributed by atoms with Crippen LogP contribution in [0.4, 0.5) is 0 Å². The summed E-state index contributed by atoms with van der Waals surface area (Å²) < 4.78 is 0.899. The third kappa shape index (κ3) is 3.56. The Morgan fingerprint density at radius 3 is 2.86 bits per heavy atom. The fourth-order valence-electron chi connectivity index (χ4n) is 1.78. The minimum absolute atomic E-state index is 0.0260. The van der Waals surface area contributed by atoms with Crippen molar-refractivity contribution in [3.8, 4) is 9.88 Å². The van der Waals surface area contributed by atoms with Crippen LogP contribution in [0.5, 0.6) is 0 Å². The van der Waals surface area contributed by atoms with Crippen LogP contribution in [0.3, 0.4) is 0 Å². The highest BCUT2D eigenvalue weighted by molar-refractivity contribution is 9.10. The number of carbonyl (C=O) groups is 1. The topological polar surface area (TPSA) is 30.0 Å². The largest absolute Gasteiger partial charge is 0.289 e. The molecule has 5 heteroatoms. The molecule has 2 aromatic heterocycles. The number of rotatable bonds is 4. The van der Waals surface area contributed by atoms with Crippen LogP contribution in [0, 0.1) is 0 Å². The molecule has 1 aromatic carbocycles. The first kappa shape index (κ1) is 14.4. The molecule has 0 aliphatic heterocycles. The maximum Gasteiger partial charge on any atom is 0.185 e. The van der Waals surface area contributed by atoms with Crippen molar-refractivity contribution in [3.63, 3.8) is 0 Å². The van der Waals surface area contributed by atoms with E-state index in [0.29, 0.717) is 5.56 Å². The highest BCUT2D eigenvalue weighted by atomic mass is 79.9. The normalized spacial score (nSPS) is 11.1. The van der Waals surface area contributed by atoms with Crippen LogP contribution < -0.4 is 0 Å². The molecule has 0 spiro atoms. The molecule has 104 valence electrons. The van der Waals surface area contributed by atoms with Gasteiger partial charge >= 0.3 is 0 Å². The second-order valence-corrected chi connectivity index (χ2v) is 6.98. The third-order valence-corrected chi connectivity index (χ3v) is 5.16. The zero-order valence-electron chi connectivity index (χ0n) is 10.8. The lowest BCUT2D eigenvalue weighted by molar-refractivity contribution is 0.104. The van der Waals surface area contributed by atoms with E-state index >= 15 is 0 Å². The second kappa shape index (κ2) is 6.47. The molecule has 2 heterocycles. The molecule has 0 N–H and O–H groups in total. The van der Waals surface area contributed by atoms with E-state index < -0.39 is 0 Å². The van der Waals surface area contributed by atoms with Crippen molar-refractivity contribution in [2.45, 2.75) is 0 Å². The Bertz CT molecular complexity index is 790. The number of nitrogens with zero attached hydrogens (tertiary/aromatic N) is 1. The number of benzene rings is 1. The minimum Gasteiger partial charge on any atom is -0.289 e. The van der Waals surface area contributed by atoms with E-state index in [9.17, 15) is 4.79 Å². The molecular weight excluding hydrogens is 366 g/mol. The number of thiophene rings is 1. The molecule has 0 aliphatic rings. The van der Waals surface area contributed by atoms with Crippen LogP contribution in [-0.4, -0.2) is 10.8 Å². The zero-order chi connectivity index (χ0) is 14.7. The SMILES string of the molecule is O=C(/C=C/c1csc(-c2cccs2)n1)c1cccc(Br)c1. The van der Waals surface area contributed by atoms with Gasteiger partial charge in [0.15, 0.2) is 5.78 Å². The summed E-state index contributed by atoms with van der Waals surface area (Å²) in [6, 6.07) is 11.4. The molecule has 0 saturated carbocycles. The summed E-state index contributed by atoms with van der Waals surface area (Å²) in [6.45, 7) is 0. The minimum atomic E-state index is -0.0260. The van der Waals surface area contributed by atoms with Gasteiger partial charge in [0.2, 0.25) is 0 Å². The van der Waals surface area contributed by atoms with Gasteiger partial charge in [-0.1, -0.05) is 34.1 Å². The van der Waals surface area contributed by atoms with Crippen LogP contribution in [0.2, 0.25) is 0 Å². The van der Waals surface area contributed by atoms with Crippen LogP contribution in [0.15, 0.2) is 57.7 Å². The van der Waals surface area contributed by atoms with Gasteiger partial charge in [-0.25, -0.2) is 4.98 Å². The lowest BCUT2D eigenvalue weighted by Gasteiger charge is -1.95. The number of hydrogen-bond acceptors (Lipinski definition) is 4. The number of allylic oxidation sites excluding steroid dienone is 1. The Labute approximate surface area is 138 Å². The number of carbonyl (C=O) groups excluding carboxylic acids is 1. The van der Waals surface area contributed by atoms with E-state index in [4.69, 9.17) is 0 Å². The van der Waals surface area contributed by atoms with Crippen LogP contribution in [0.1, 0.15) is 16.1 Å². The van der Waals surface area contributed by atoms with Crippen molar-refractivity contribution < 1.29 is 4.79 Å². The van der Waals surface area contributed by atoms with Gasteiger partial charge in [0, 0.05) is 15.4 Å². The van der Waals surface area contributed by atoms with E-state index in [1.807, 2.05) is 41.1 Å². The summed E-state index contributed by atoms with van der Waals surface area (Å²) in [7, 11) is 0. The fourth-order valence-corrected chi connectivity index (χ4v) is 3.78. The number of hydrogen-bond donors (Lipinski definition) is 0. The van der Waals surface area contributed by atoms with Gasteiger partial charge in [-0.2, -0.15) is 0 Å². The van der Waals surface area contributed by atoms with Gasteiger partial charge in [-0.05, 0) is 35.7 Å². The maximum atomic E-state index is 12.1. The van der Waals surface area contributed by atoms with Crippen LogP contribution >= 0.6 is 38.6 Å². The van der Waals surface area contributed by atoms with E-state index in [1.54, 1.807) is 40.9 Å². The Kier molecular flexibility index (Phi) is 4.43. The predicted molar refractivity (Wildman–Crippen MR) is 92.9 cm³/mol. The first-order valence-electron chi connectivity index (χ1n) is 6.20. The molecule has 0 bridgehead atoms. The summed E-state index contributed by atoms with van der Waals surface area (Å²) in [5, 5.41) is 4.97. The Balaban J connectivity index is 1.76. The average molecular weight is 376 g/mol. The Hall–Kier alpha value is -1.56. The molecular formula is C16H10BrNOS2. The highest BCUT2D eigenvalue weighted by Crippen LogP contribution is 2.28. The summed E-state index contributed by atoms with van der Waals surface area (Å²) >= 11 is 6.62. The quantitative estimate of drug-likeness (QED) is 0.443. The van der Waals surface area contributed by atoms with E-state index in [1.165, 1.54) is 0 Å². The van der Waals surface area contributed by atoms with Gasteiger partial charge in [0.1, 0.15) is 5.01 Å². The van der Waals surface area contributed by atoms with Gasteiger partial charge in [-0.3, -0.25) is 4.79 Å². The van der Waals surface area contributed by atoms with Crippen molar-refractivity contribution in [3.05, 3.63) is 69.0 Å². The molecule has 2 nitrogen and oxygen atoms in total. The Morgan fingerprint density at radius 1 is 1.19 bits per heavy atom. The van der Waals surface area contributed by atoms with Gasteiger partial charge in [0.25, 0.3) is 0 Å². The highest BCUT2D eigenvalue weighted by Gasteiger charge is 2.05. The third-order valence-electron chi connectivity index (χ3n) is 2.77. The van der Waals surface area contributed by atoms with Crippen molar-refractivity contribution in [1.29, 1.82) is 0 Å². The molecule has 0 aliphatic carbocycles. The van der Waals surface area contributed by atoms with E-state index in [2.05, 4.69) is 20.9 Å². The smallest absolute Gasteiger partial charge is 0.185 e. The first-order chi connectivity index (χ1) is 10.2. The van der Waals surface area contributed by atoms with Crippen LogP contribution in [-0.2, 0) is 0 Å². The molecule has 0 atom stereocenters. The van der Waals surface area contributed by atoms with Gasteiger partial charge in [-0.15, -0.1) is 22.7 Å².